The van der Waals surface area contributed by atoms with Gasteiger partial charge in [0.15, 0.2) is 0 Å². The van der Waals surface area contributed by atoms with E-state index in [0.717, 1.165) is 0 Å². The highest BCUT2D eigenvalue weighted by molar-refractivity contribution is 5.80. The van der Waals surface area contributed by atoms with Crippen molar-refractivity contribution >= 4 is 11.9 Å². The summed E-state index contributed by atoms with van der Waals surface area (Å²) in [5, 5.41) is 19.1. The molecule has 0 rings (SSSR count). The van der Waals surface area contributed by atoms with Gasteiger partial charge >= 0.3 is 5.97 Å². The Morgan fingerprint density at radius 2 is 2.15 bits per heavy atom. The summed E-state index contributed by atoms with van der Waals surface area (Å²) in [6.07, 6.45) is 0.0228. The molecule has 0 aromatic rings. The fourth-order valence-corrected chi connectivity index (χ4v) is 0.755. The maximum absolute atomic E-state index is 10.9. The lowest BCUT2D eigenvalue weighted by Crippen LogP contribution is -2.32. The van der Waals surface area contributed by atoms with E-state index in [1.807, 2.05) is 6.07 Å². The van der Waals surface area contributed by atoms with Crippen molar-refractivity contribution in [2.24, 2.45) is 0 Å². The molecule has 0 heterocycles. The minimum atomic E-state index is -0.997. The smallest absolute Gasteiger partial charge is 0.303 e. The second-order valence-corrected chi connectivity index (χ2v) is 2.72. The number of nitriles is 1. The molecule has 0 saturated carbocycles. The van der Waals surface area contributed by atoms with Crippen LogP contribution in [0.1, 0.15) is 26.2 Å². The third-order valence-corrected chi connectivity index (χ3v) is 1.37. The largest absolute Gasteiger partial charge is 0.481 e. The number of aliphatic carboxylic acids is 1. The lowest BCUT2D eigenvalue weighted by molar-refractivity contribution is -0.138. The van der Waals surface area contributed by atoms with E-state index in [-0.39, 0.29) is 31.2 Å². The second kappa shape index (κ2) is 6.00. The summed E-state index contributed by atoms with van der Waals surface area (Å²) in [5.74, 6) is -1.33. The minimum Gasteiger partial charge on any atom is -0.481 e. The van der Waals surface area contributed by atoms with Crippen LogP contribution < -0.4 is 5.32 Å². The van der Waals surface area contributed by atoms with Gasteiger partial charge in [-0.05, 0) is 6.92 Å². The van der Waals surface area contributed by atoms with Crippen molar-refractivity contribution < 1.29 is 14.7 Å². The molecule has 0 aliphatic rings. The summed E-state index contributed by atoms with van der Waals surface area (Å²) in [4.78, 5) is 21.0. The molecule has 72 valence electrons. The molecule has 0 fully saturated rings. The van der Waals surface area contributed by atoms with Crippen molar-refractivity contribution in [2.75, 3.05) is 0 Å². The van der Waals surface area contributed by atoms with Gasteiger partial charge in [0.1, 0.15) is 0 Å². The fourth-order valence-electron chi connectivity index (χ4n) is 0.755. The van der Waals surface area contributed by atoms with Gasteiger partial charge in [-0.3, -0.25) is 9.59 Å². The number of hydrogen-bond acceptors (Lipinski definition) is 3. The van der Waals surface area contributed by atoms with Crippen molar-refractivity contribution in [3.63, 3.8) is 0 Å². The zero-order chi connectivity index (χ0) is 10.3. The Morgan fingerprint density at radius 3 is 2.62 bits per heavy atom. The fraction of sp³-hybridized carbons (Fsp3) is 0.625. The Labute approximate surface area is 76.4 Å². The molecule has 0 aromatic carbocycles. The minimum absolute atomic E-state index is 0.0366. The molecule has 1 atom stereocenters. The average Bonchev–Trinajstić information content (AvgIpc) is 2.01. The van der Waals surface area contributed by atoms with Gasteiger partial charge in [0.05, 0.1) is 18.9 Å². The van der Waals surface area contributed by atoms with E-state index >= 15 is 0 Å². The van der Waals surface area contributed by atoms with E-state index in [0.29, 0.717) is 0 Å². The van der Waals surface area contributed by atoms with Gasteiger partial charge in [0.2, 0.25) is 5.91 Å². The summed E-state index contributed by atoms with van der Waals surface area (Å²) in [6.45, 7) is 1.70. The van der Waals surface area contributed by atoms with E-state index in [4.69, 9.17) is 10.4 Å². The number of carboxylic acid groups (broad SMARTS) is 1. The Bertz CT molecular complexity index is 232. The third-order valence-electron chi connectivity index (χ3n) is 1.37. The van der Waals surface area contributed by atoms with Crippen molar-refractivity contribution in [1.82, 2.24) is 5.32 Å². The molecule has 0 saturated heterocycles. The van der Waals surface area contributed by atoms with Crippen molar-refractivity contribution in [2.45, 2.75) is 32.2 Å². The maximum atomic E-state index is 10.9. The Morgan fingerprint density at radius 1 is 1.54 bits per heavy atom. The molecule has 1 unspecified atom stereocenters. The highest BCUT2D eigenvalue weighted by Crippen LogP contribution is 1.92. The van der Waals surface area contributed by atoms with Crippen LogP contribution in [0.15, 0.2) is 0 Å². The molecular formula is C8H12N2O3. The summed E-state index contributed by atoms with van der Waals surface area (Å²) >= 11 is 0. The Kier molecular flexibility index (Phi) is 5.28. The highest BCUT2D eigenvalue weighted by atomic mass is 16.4. The molecule has 0 spiro atoms. The molecule has 0 bridgehead atoms. The summed E-state index contributed by atoms with van der Waals surface area (Å²) in [6, 6.07) is 1.69. The predicted molar refractivity (Wildman–Crippen MR) is 44.7 cm³/mol. The predicted octanol–water partition coefficient (Wildman–Crippen LogP) is 0.270. The average molecular weight is 184 g/mol. The van der Waals surface area contributed by atoms with Crippen molar-refractivity contribution in [1.29, 1.82) is 5.26 Å². The zero-order valence-electron chi connectivity index (χ0n) is 7.41. The van der Waals surface area contributed by atoms with Crippen LogP contribution in [-0.2, 0) is 9.59 Å². The molecule has 5 heteroatoms. The number of carbonyl (C=O) groups excluding carboxylic acids is 1. The topological polar surface area (TPSA) is 90.2 Å². The lowest BCUT2D eigenvalue weighted by atomic mass is 10.2. The molecule has 13 heavy (non-hydrogen) atoms. The van der Waals surface area contributed by atoms with E-state index in [2.05, 4.69) is 5.32 Å². The van der Waals surface area contributed by atoms with Crippen LogP contribution in [0, 0.1) is 11.3 Å². The van der Waals surface area contributed by atoms with Gasteiger partial charge in [0.25, 0.3) is 0 Å². The second-order valence-electron chi connectivity index (χ2n) is 2.72. The van der Waals surface area contributed by atoms with E-state index in [1.165, 1.54) is 0 Å². The zero-order valence-corrected chi connectivity index (χ0v) is 7.41. The molecule has 0 radical (unpaired) electrons. The molecule has 1 amide bonds. The van der Waals surface area contributed by atoms with Crippen LogP contribution in [0.4, 0.5) is 0 Å². The van der Waals surface area contributed by atoms with Gasteiger partial charge in [-0.25, -0.2) is 0 Å². The van der Waals surface area contributed by atoms with Crippen LogP contribution in [0.25, 0.3) is 0 Å². The first-order valence-electron chi connectivity index (χ1n) is 3.94. The number of rotatable bonds is 5. The molecular weight excluding hydrogens is 172 g/mol. The van der Waals surface area contributed by atoms with Crippen LogP contribution in [0.3, 0.4) is 0 Å². The summed E-state index contributed by atoms with van der Waals surface area (Å²) < 4.78 is 0. The van der Waals surface area contributed by atoms with Gasteiger partial charge in [-0.15, -0.1) is 0 Å². The number of carbonyl (C=O) groups is 2. The van der Waals surface area contributed by atoms with Gasteiger partial charge in [0, 0.05) is 12.5 Å². The van der Waals surface area contributed by atoms with E-state index in [9.17, 15) is 9.59 Å². The first-order chi connectivity index (χ1) is 6.06. The number of nitrogens with zero attached hydrogens (tertiary/aromatic N) is 1. The van der Waals surface area contributed by atoms with Gasteiger partial charge in [-0.2, -0.15) is 5.26 Å². The monoisotopic (exact) mass is 184 g/mol. The quantitative estimate of drug-likeness (QED) is 0.641. The first-order valence-corrected chi connectivity index (χ1v) is 3.94. The van der Waals surface area contributed by atoms with E-state index in [1.54, 1.807) is 6.92 Å². The van der Waals surface area contributed by atoms with Crippen LogP contribution in [0.2, 0.25) is 0 Å². The Balaban J connectivity index is 3.63. The third kappa shape index (κ3) is 6.81. The van der Waals surface area contributed by atoms with Crippen LogP contribution in [-0.4, -0.2) is 23.0 Å². The van der Waals surface area contributed by atoms with Crippen LogP contribution >= 0.6 is 0 Å². The Hall–Kier alpha value is -1.57. The van der Waals surface area contributed by atoms with Gasteiger partial charge < -0.3 is 10.4 Å². The normalized spacial score (nSPS) is 11.4. The van der Waals surface area contributed by atoms with Crippen LogP contribution in [0.5, 0.6) is 0 Å². The maximum Gasteiger partial charge on any atom is 0.303 e. The summed E-state index contributed by atoms with van der Waals surface area (Å²) in [5.41, 5.74) is 0. The summed E-state index contributed by atoms with van der Waals surface area (Å²) in [7, 11) is 0. The molecule has 0 aromatic heterocycles. The van der Waals surface area contributed by atoms with Crippen molar-refractivity contribution in [3.8, 4) is 6.07 Å². The first kappa shape index (κ1) is 11.4. The van der Waals surface area contributed by atoms with Crippen molar-refractivity contribution in [3.05, 3.63) is 0 Å². The molecule has 0 aliphatic carbocycles. The number of amides is 1. The number of hydrogen-bond donors (Lipinski definition) is 2. The molecule has 5 nitrogen and oxygen atoms in total. The molecule has 2 N–H and O–H groups in total. The highest BCUT2D eigenvalue weighted by Gasteiger charge is 2.08. The van der Waals surface area contributed by atoms with E-state index < -0.39 is 5.97 Å². The number of nitrogens with one attached hydrogen (secondary N) is 1. The number of carboxylic acids is 1. The lowest BCUT2D eigenvalue weighted by Gasteiger charge is -2.08. The standard InChI is InChI=1S/C8H12N2O3/c1-6(4-5-9)10-7(11)2-3-8(12)13/h6H,2-4H2,1H3,(H,10,11)(H,12,13). The van der Waals surface area contributed by atoms with Gasteiger partial charge in [-0.1, -0.05) is 0 Å². The molecule has 0 aliphatic heterocycles. The SMILES string of the molecule is CC(CC#N)NC(=O)CCC(=O)O.